The third kappa shape index (κ3) is 2.15. The van der Waals surface area contributed by atoms with E-state index in [1.54, 1.807) is 23.5 Å². The Morgan fingerprint density at radius 2 is 1.74 bits per heavy atom. The summed E-state index contributed by atoms with van der Waals surface area (Å²) >= 11 is 8.23. The summed E-state index contributed by atoms with van der Waals surface area (Å²) in [5.74, 6) is -0.203. The van der Waals surface area contributed by atoms with Crippen molar-refractivity contribution in [1.82, 2.24) is 0 Å². The first-order chi connectivity index (χ1) is 9.18. The quantitative estimate of drug-likeness (QED) is 0.533. The van der Waals surface area contributed by atoms with Gasteiger partial charge in [-0.3, -0.25) is 0 Å². The molecular formula is C16H12ClFS. The summed E-state index contributed by atoms with van der Waals surface area (Å²) in [7, 11) is 0. The van der Waals surface area contributed by atoms with Crippen molar-refractivity contribution >= 4 is 33.7 Å². The Balaban J connectivity index is 2.21. The molecule has 1 heterocycles. The molecule has 0 radical (unpaired) electrons. The van der Waals surface area contributed by atoms with Crippen LogP contribution in [-0.2, 0) is 0 Å². The minimum absolute atomic E-state index is 0.203. The van der Waals surface area contributed by atoms with Gasteiger partial charge in [0.2, 0.25) is 0 Å². The Kier molecular flexibility index (Phi) is 3.29. The van der Waals surface area contributed by atoms with E-state index in [0.29, 0.717) is 5.39 Å². The molecule has 0 saturated heterocycles. The average molecular weight is 291 g/mol. The van der Waals surface area contributed by atoms with E-state index in [-0.39, 0.29) is 11.2 Å². The van der Waals surface area contributed by atoms with Crippen molar-refractivity contribution in [2.24, 2.45) is 0 Å². The molecule has 2 aromatic carbocycles. The van der Waals surface area contributed by atoms with Crippen molar-refractivity contribution in [3.63, 3.8) is 0 Å². The Bertz CT molecular complexity index is 732. The van der Waals surface area contributed by atoms with E-state index in [1.807, 2.05) is 25.1 Å². The molecule has 0 saturated carbocycles. The lowest BCUT2D eigenvalue weighted by Gasteiger charge is -2.13. The second kappa shape index (κ2) is 4.95. The lowest BCUT2D eigenvalue weighted by Crippen LogP contribution is -1.96. The molecule has 1 atom stereocenters. The van der Waals surface area contributed by atoms with Gasteiger partial charge in [-0.25, -0.2) is 4.39 Å². The molecule has 0 bridgehead atoms. The third-order valence-corrected chi connectivity index (χ3v) is 4.70. The van der Waals surface area contributed by atoms with Crippen LogP contribution < -0.4 is 0 Å². The fraction of sp³-hybridized carbons (Fsp3) is 0.125. The zero-order valence-electron chi connectivity index (χ0n) is 10.4. The molecule has 0 N–H and O–H groups in total. The van der Waals surface area contributed by atoms with Gasteiger partial charge in [0.15, 0.2) is 0 Å². The van der Waals surface area contributed by atoms with Gasteiger partial charge in [0.05, 0.1) is 5.38 Å². The summed E-state index contributed by atoms with van der Waals surface area (Å²) in [5.41, 5.74) is 3.24. The van der Waals surface area contributed by atoms with E-state index < -0.39 is 0 Å². The van der Waals surface area contributed by atoms with Crippen LogP contribution in [0.25, 0.3) is 10.8 Å². The van der Waals surface area contributed by atoms with Gasteiger partial charge < -0.3 is 0 Å². The highest BCUT2D eigenvalue weighted by molar-refractivity contribution is 7.08. The van der Waals surface area contributed by atoms with Gasteiger partial charge >= 0.3 is 0 Å². The number of rotatable bonds is 2. The number of hydrogen-bond acceptors (Lipinski definition) is 1. The molecule has 3 aromatic rings. The largest absolute Gasteiger partial charge is 0.206 e. The predicted octanol–water partition coefficient (Wildman–Crippen LogP) is 5.68. The standard InChI is InChI=1S/C16H12ClFS/c1-10-8-19-9-14(10)16(17)13-6-7-15(18)12-5-3-2-4-11(12)13/h2-9,16H,1H3. The summed E-state index contributed by atoms with van der Waals surface area (Å²) in [6.07, 6.45) is 0. The molecule has 0 amide bonds. The first kappa shape index (κ1) is 12.6. The Morgan fingerprint density at radius 3 is 2.42 bits per heavy atom. The summed E-state index contributed by atoms with van der Waals surface area (Å²) in [4.78, 5) is 0. The number of alkyl halides is 1. The van der Waals surface area contributed by atoms with Gasteiger partial charge in [0, 0.05) is 5.39 Å². The van der Waals surface area contributed by atoms with Crippen molar-refractivity contribution in [2.75, 3.05) is 0 Å². The number of benzene rings is 2. The zero-order valence-corrected chi connectivity index (χ0v) is 11.9. The molecule has 0 fully saturated rings. The number of hydrogen-bond donors (Lipinski definition) is 0. The van der Waals surface area contributed by atoms with Gasteiger partial charge in [-0.1, -0.05) is 30.3 Å². The molecule has 19 heavy (non-hydrogen) atoms. The number of thiophene rings is 1. The van der Waals surface area contributed by atoms with E-state index in [4.69, 9.17) is 11.6 Å². The topological polar surface area (TPSA) is 0 Å². The van der Waals surface area contributed by atoms with Crippen LogP contribution in [0.5, 0.6) is 0 Å². The molecule has 1 unspecified atom stereocenters. The molecule has 0 aliphatic carbocycles. The van der Waals surface area contributed by atoms with Crippen LogP contribution in [0, 0.1) is 12.7 Å². The molecule has 0 spiro atoms. The Morgan fingerprint density at radius 1 is 1.00 bits per heavy atom. The van der Waals surface area contributed by atoms with Crippen molar-refractivity contribution in [3.8, 4) is 0 Å². The molecule has 0 aliphatic heterocycles. The summed E-state index contributed by atoms with van der Waals surface area (Å²) in [5, 5.41) is 5.41. The van der Waals surface area contributed by atoms with Crippen LogP contribution >= 0.6 is 22.9 Å². The van der Waals surface area contributed by atoms with E-state index in [9.17, 15) is 4.39 Å². The van der Waals surface area contributed by atoms with E-state index in [2.05, 4.69) is 10.8 Å². The monoisotopic (exact) mass is 290 g/mol. The van der Waals surface area contributed by atoms with Gasteiger partial charge in [-0.15, -0.1) is 11.6 Å². The first-order valence-electron chi connectivity index (χ1n) is 6.02. The summed E-state index contributed by atoms with van der Waals surface area (Å²) in [6.45, 7) is 2.05. The van der Waals surface area contributed by atoms with Crippen LogP contribution in [0.15, 0.2) is 47.2 Å². The first-order valence-corrected chi connectivity index (χ1v) is 7.40. The van der Waals surface area contributed by atoms with Crippen LogP contribution in [0.3, 0.4) is 0 Å². The third-order valence-electron chi connectivity index (χ3n) is 3.35. The van der Waals surface area contributed by atoms with Crippen LogP contribution in [-0.4, -0.2) is 0 Å². The maximum absolute atomic E-state index is 13.8. The minimum Gasteiger partial charge on any atom is -0.206 e. The summed E-state index contributed by atoms with van der Waals surface area (Å²) in [6, 6.07) is 10.7. The minimum atomic E-state index is -0.239. The molecule has 0 aliphatic rings. The van der Waals surface area contributed by atoms with Gasteiger partial charge in [-0.05, 0) is 45.8 Å². The SMILES string of the molecule is Cc1cscc1C(Cl)c1ccc(F)c2ccccc12. The average Bonchev–Trinajstić information content (AvgIpc) is 2.85. The Labute approximate surface area is 120 Å². The second-order valence-electron chi connectivity index (χ2n) is 4.55. The second-order valence-corrected chi connectivity index (χ2v) is 5.73. The maximum Gasteiger partial charge on any atom is 0.131 e. The van der Waals surface area contributed by atoms with Crippen LogP contribution in [0.4, 0.5) is 4.39 Å². The normalized spacial score (nSPS) is 12.8. The number of aryl methyl sites for hydroxylation is 1. The molecular weight excluding hydrogens is 279 g/mol. The number of halogens is 2. The van der Waals surface area contributed by atoms with Gasteiger partial charge in [0.1, 0.15) is 5.82 Å². The number of fused-ring (bicyclic) bond motifs is 1. The van der Waals surface area contributed by atoms with Gasteiger partial charge in [0.25, 0.3) is 0 Å². The zero-order chi connectivity index (χ0) is 13.4. The molecule has 96 valence electrons. The van der Waals surface area contributed by atoms with Crippen molar-refractivity contribution in [1.29, 1.82) is 0 Å². The molecule has 3 heteroatoms. The Hall–Kier alpha value is -1.38. The molecule has 0 nitrogen and oxygen atoms in total. The smallest absolute Gasteiger partial charge is 0.131 e. The van der Waals surface area contributed by atoms with E-state index in [1.165, 1.54) is 11.6 Å². The fourth-order valence-corrected chi connectivity index (χ4v) is 3.68. The highest BCUT2D eigenvalue weighted by Gasteiger charge is 2.17. The molecule has 3 rings (SSSR count). The van der Waals surface area contributed by atoms with Crippen LogP contribution in [0.2, 0.25) is 0 Å². The van der Waals surface area contributed by atoms with Gasteiger partial charge in [-0.2, -0.15) is 11.3 Å². The molecule has 1 aromatic heterocycles. The maximum atomic E-state index is 13.8. The lowest BCUT2D eigenvalue weighted by molar-refractivity contribution is 0.639. The summed E-state index contributed by atoms with van der Waals surface area (Å²) < 4.78 is 13.8. The van der Waals surface area contributed by atoms with Crippen molar-refractivity contribution in [3.05, 3.63) is 69.7 Å². The van der Waals surface area contributed by atoms with Crippen LogP contribution in [0.1, 0.15) is 22.1 Å². The lowest BCUT2D eigenvalue weighted by atomic mass is 9.97. The van der Waals surface area contributed by atoms with Crippen molar-refractivity contribution in [2.45, 2.75) is 12.3 Å². The van der Waals surface area contributed by atoms with E-state index in [0.717, 1.165) is 16.5 Å². The van der Waals surface area contributed by atoms with E-state index >= 15 is 0 Å². The fourth-order valence-electron chi connectivity index (χ4n) is 2.30. The predicted molar refractivity (Wildman–Crippen MR) is 80.7 cm³/mol. The van der Waals surface area contributed by atoms with Crippen molar-refractivity contribution < 1.29 is 4.39 Å². The highest BCUT2D eigenvalue weighted by atomic mass is 35.5. The highest BCUT2D eigenvalue weighted by Crippen LogP contribution is 2.37.